The molecule has 1 aliphatic rings. The Bertz CT molecular complexity index is 1070. The minimum Gasteiger partial charge on any atom is -0.478 e. The molecule has 1 atom stereocenters. The van der Waals surface area contributed by atoms with Crippen LogP contribution >= 0.6 is 0 Å². The topological polar surface area (TPSA) is 112 Å². The maximum absolute atomic E-state index is 13.2. The molecule has 7 nitrogen and oxygen atoms in total. The molecule has 0 aliphatic carbocycles. The number of carbonyl (C=O) groups is 2. The number of carboxylic acids is 1. The molecule has 4 N–H and O–H groups in total. The van der Waals surface area contributed by atoms with Gasteiger partial charge in [-0.25, -0.2) is 4.79 Å². The summed E-state index contributed by atoms with van der Waals surface area (Å²) in [5.41, 5.74) is 12.2. The van der Waals surface area contributed by atoms with Gasteiger partial charge in [0, 0.05) is 48.0 Å². The first-order valence-electron chi connectivity index (χ1n) is 9.98. The van der Waals surface area contributed by atoms with Gasteiger partial charge in [-0.3, -0.25) is 9.78 Å². The number of nitrogens with one attached hydrogen (secondary N) is 1. The van der Waals surface area contributed by atoms with Gasteiger partial charge in [-0.15, -0.1) is 0 Å². The molecule has 3 heterocycles. The van der Waals surface area contributed by atoms with E-state index in [9.17, 15) is 9.59 Å². The summed E-state index contributed by atoms with van der Waals surface area (Å²) in [6.45, 7) is 3.30. The van der Waals surface area contributed by atoms with Gasteiger partial charge in [-0.05, 0) is 35.7 Å². The van der Waals surface area contributed by atoms with Crippen LogP contribution in [0.15, 0.2) is 48.8 Å². The lowest BCUT2D eigenvalue weighted by atomic mass is 9.98. The van der Waals surface area contributed by atoms with Crippen LogP contribution in [0.5, 0.6) is 0 Å². The molecule has 3 aromatic rings. The smallest absolute Gasteiger partial charge is 0.335 e. The number of fused-ring (bicyclic) bond motifs is 1. The molecule has 0 bridgehead atoms. The van der Waals surface area contributed by atoms with Crippen LogP contribution in [0.1, 0.15) is 45.7 Å². The number of H-pyrrole nitrogens is 1. The van der Waals surface area contributed by atoms with Crippen LogP contribution in [0.25, 0.3) is 11.1 Å². The first-order valence-corrected chi connectivity index (χ1v) is 9.98. The number of aryl methyl sites for hydroxylation is 1. The summed E-state index contributed by atoms with van der Waals surface area (Å²) >= 11 is 0. The van der Waals surface area contributed by atoms with Crippen molar-refractivity contribution in [2.75, 3.05) is 6.54 Å². The third-order valence-corrected chi connectivity index (χ3v) is 5.67. The van der Waals surface area contributed by atoms with Crippen molar-refractivity contribution in [2.45, 2.75) is 32.4 Å². The van der Waals surface area contributed by atoms with Gasteiger partial charge in [0.05, 0.1) is 18.0 Å². The fraction of sp³-hybridized carbons (Fsp3) is 0.261. The molecule has 0 spiro atoms. The van der Waals surface area contributed by atoms with E-state index in [4.69, 9.17) is 10.8 Å². The molecule has 4 rings (SSSR count). The summed E-state index contributed by atoms with van der Waals surface area (Å²) in [5, 5.41) is 9.16. The Morgan fingerprint density at radius 3 is 2.60 bits per heavy atom. The Hall–Kier alpha value is -3.45. The number of carbonyl (C=O) groups excluding carboxylic acids is 1. The molecule has 1 aliphatic heterocycles. The van der Waals surface area contributed by atoms with Gasteiger partial charge in [-0.2, -0.15) is 0 Å². The molecule has 7 heteroatoms. The molecule has 0 radical (unpaired) electrons. The standard InChI is InChI=1S/C23H24N4O3/c1-2-19-21(14-5-7-15(8-6-14)23(29)30)18-12-27(13-20(18)26-19)22(28)17(10-24)16-4-3-9-25-11-16/h3-9,11,17,26H,2,10,12-13,24H2,1H3,(H,29,30). The van der Waals surface area contributed by atoms with Gasteiger partial charge < -0.3 is 20.7 Å². The highest BCUT2D eigenvalue weighted by Gasteiger charge is 2.33. The lowest BCUT2D eigenvalue weighted by molar-refractivity contribution is -0.133. The Morgan fingerprint density at radius 1 is 1.23 bits per heavy atom. The number of aromatic amines is 1. The van der Waals surface area contributed by atoms with Crippen LogP contribution in [-0.4, -0.2) is 38.4 Å². The first-order chi connectivity index (χ1) is 14.5. The summed E-state index contributed by atoms with van der Waals surface area (Å²) in [6, 6.07) is 10.6. The highest BCUT2D eigenvalue weighted by molar-refractivity contribution is 5.89. The van der Waals surface area contributed by atoms with E-state index in [2.05, 4.69) is 16.9 Å². The summed E-state index contributed by atoms with van der Waals surface area (Å²) in [4.78, 5) is 33.8. The molecule has 0 fully saturated rings. The normalized spacial score (nSPS) is 13.9. The van der Waals surface area contributed by atoms with Crippen molar-refractivity contribution in [3.8, 4) is 11.1 Å². The number of nitrogens with two attached hydrogens (primary N) is 1. The van der Waals surface area contributed by atoms with Crippen LogP contribution in [0.3, 0.4) is 0 Å². The van der Waals surface area contributed by atoms with Gasteiger partial charge in [0.25, 0.3) is 0 Å². The quantitative estimate of drug-likeness (QED) is 0.585. The van der Waals surface area contributed by atoms with E-state index in [0.29, 0.717) is 13.1 Å². The number of pyridine rings is 1. The summed E-state index contributed by atoms with van der Waals surface area (Å²) in [5.74, 6) is -1.39. The fourth-order valence-electron chi connectivity index (χ4n) is 4.13. The van der Waals surface area contributed by atoms with E-state index < -0.39 is 11.9 Å². The van der Waals surface area contributed by atoms with E-state index in [-0.39, 0.29) is 18.0 Å². The zero-order valence-corrected chi connectivity index (χ0v) is 16.8. The Balaban J connectivity index is 1.63. The average Bonchev–Trinajstić information content (AvgIpc) is 3.32. The van der Waals surface area contributed by atoms with Crippen LogP contribution in [0.2, 0.25) is 0 Å². The van der Waals surface area contributed by atoms with Crippen molar-refractivity contribution >= 4 is 11.9 Å². The van der Waals surface area contributed by atoms with Gasteiger partial charge in [0.1, 0.15) is 0 Å². The summed E-state index contributed by atoms with van der Waals surface area (Å²) in [7, 11) is 0. The molecule has 1 amide bonds. The number of carboxylic acid groups (broad SMARTS) is 1. The molecule has 1 aromatic carbocycles. The molecular weight excluding hydrogens is 380 g/mol. The third-order valence-electron chi connectivity index (χ3n) is 5.67. The molecule has 0 saturated carbocycles. The Morgan fingerprint density at radius 2 is 2.00 bits per heavy atom. The van der Waals surface area contributed by atoms with Crippen molar-refractivity contribution in [3.05, 3.63) is 76.9 Å². The van der Waals surface area contributed by atoms with Crippen LogP contribution in [-0.2, 0) is 24.3 Å². The number of hydrogen-bond donors (Lipinski definition) is 3. The zero-order valence-electron chi connectivity index (χ0n) is 16.8. The number of hydrogen-bond acceptors (Lipinski definition) is 4. The zero-order chi connectivity index (χ0) is 21.3. The Kier molecular flexibility index (Phi) is 5.37. The fourth-order valence-corrected chi connectivity index (χ4v) is 4.13. The lowest BCUT2D eigenvalue weighted by Gasteiger charge is -2.23. The van der Waals surface area contributed by atoms with Crippen molar-refractivity contribution in [2.24, 2.45) is 5.73 Å². The SMILES string of the molecule is CCc1[nH]c2c(c1-c1ccc(C(=O)O)cc1)CN(C(=O)C(CN)c1cccnc1)C2. The second-order valence-electron chi connectivity index (χ2n) is 7.44. The highest BCUT2D eigenvalue weighted by atomic mass is 16.4. The molecule has 1 unspecified atom stereocenters. The lowest BCUT2D eigenvalue weighted by Crippen LogP contribution is -2.34. The summed E-state index contributed by atoms with van der Waals surface area (Å²) < 4.78 is 0. The molecule has 2 aromatic heterocycles. The van der Waals surface area contributed by atoms with E-state index >= 15 is 0 Å². The minimum absolute atomic E-state index is 0.0136. The minimum atomic E-state index is -0.948. The predicted molar refractivity (Wildman–Crippen MR) is 113 cm³/mol. The molecule has 154 valence electrons. The van der Waals surface area contributed by atoms with E-state index in [0.717, 1.165) is 40.1 Å². The number of aromatic nitrogens is 2. The van der Waals surface area contributed by atoms with Gasteiger partial charge in [-0.1, -0.05) is 25.1 Å². The van der Waals surface area contributed by atoms with Crippen molar-refractivity contribution in [1.82, 2.24) is 14.9 Å². The van der Waals surface area contributed by atoms with Crippen molar-refractivity contribution in [3.63, 3.8) is 0 Å². The monoisotopic (exact) mass is 404 g/mol. The molecule has 30 heavy (non-hydrogen) atoms. The summed E-state index contributed by atoms with van der Waals surface area (Å²) in [6.07, 6.45) is 4.18. The maximum Gasteiger partial charge on any atom is 0.335 e. The number of amides is 1. The largest absolute Gasteiger partial charge is 0.478 e. The van der Waals surface area contributed by atoms with Gasteiger partial charge in [0.2, 0.25) is 5.91 Å². The molecule has 0 saturated heterocycles. The number of rotatable bonds is 6. The first kappa shape index (κ1) is 19.8. The number of aromatic carboxylic acids is 1. The second kappa shape index (κ2) is 8.12. The van der Waals surface area contributed by atoms with Gasteiger partial charge >= 0.3 is 5.97 Å². The second-order valence-corrected chi connectivity index (χ2v) is 7.44. The number of nitrogens with zero attached hydrogens (tertiary/aromatic N) is 2. The predicted octanol–water partition coefficient (Wildman–Crippen LogP) is 2.92. The van der Waals surface area contributed by atoms with Crippen molar-refractivity contribution < 1.29 is 14.7 Å². The third kappa shape index (κ3) is 3.48. The van der Waals surface area contributed by atoms with Crippen LogP contribution < -0.4 is 5.73 Å². The van der Waals surface area contributed by atoms with Crippen molar-refractivity contribution in [1.29, 1.82) is 0 Å². The molecular formula is C23H24N4O3. The average molecular weight is 404 g/mol. The van der Waals surface area contributed by atoms with E-state index in [1.807, 2.05) is 29.2 Å². The Labute approximate surface area is 174 Å². The maximum atomic E-state index is 13.2. The van der Waals surface area contributed by atoms with E-state index in [1.54, 1.807) is 24.5 Å². The van der Waals surface area contributed by atoms with Crippen LogP contribution in [0.4, 0.5) is 0 Å². The van der Waals surface area contributed by atoms with Gasteiger partial charge in [0.15, 0.2) is 0 Å². The van der Waals surface area contributed by atoms with E-state index in [1.165, 1.54) is 0 Å². The van der Waals surface area contributed by atoms with Crippen LogP contribution in [0, 0.1) is 0 Å². The highest BCUT2D eigenvalue weighted by Crippen LogP contribution is 2.37. The number of benzene rings is 1.